The van der Waals surface area contributed by atoms with E-state index >= 15 is 0 Å². The molecule has 8 heteroatoms. The minimum Gasteiger partial charge on any atom is -0.478 e. The molecule has 0 aliphatic carbocycles. The maximum absolute atomic E-state index is 11.3. The molecule has 0 aromatic rings. The second kappa shape index (κ2) is 8.03. The van der Waals surface area contributed by atoms with Gasteiger partial charge in [-0.05, 0) is 27.7 Å². The quantitative estimate of drug-likeness (QED) is 0.524. The smallest absolute Gasteiger partial charge is 0.334 e. The summed E-state index contributed by atoms with van der Waals surface area (Å²) in [6, 6.07) is 0. The molecule has 0 saturated heterocycles. The monoisotopic (exact) mass is 301 g/mol. The summed E-state index contributed by atoms with van der Waals surface area (Å²) in [6.45, 7) is 5.34. The van der Waals surface area contributed by atoms with E-state index in [0.29, 0.717) is 6.08 Å². The van der Waals surface area contributed by atoms with Crippen LogP contribution in [0.3, 0.4) is 0 Å². The van der Waals surface area contributed by atoms with Gasteiger partial charge in [-0.25, -0.2) is 9.59 Å². The summed E-state index contributed by atoms with van der Waals surface area (Å²) in [5, 5.41) is 10.6. The van der Waals surface area contributed by atoms with Gasteiger partial charge in [0.1, 0.15) is 12.1 Å². The lowest BCUT2D eigenvalue weighted by atomic mass is 10.2. The Bertz CT molecular complexity index is 460. The van der Waals surface area contributed by atoms with Crippen LogP contribution in [0.1, 0.15) is 27.7 Å². The molecule has 1 amide bonds. The zero-order valence-corrected chi connectivity index (χ0v) is 12.4. The molecule has 0 radical (unpaired) electrons. The van der Waals surface area contributed by atoms with E-state index in [9.17, 15) is 19.2 Å². The van der Waals surface area contributed by atoms with E-state index in [1.54, 1.807) is 20.8 Å². The normalized spacial score (nSPS) is 11.5. The topological polar surface area (TPSA) is 119 Å². The number of carbonyl (C=O) groups is 4. The van der Waals surface area contributed by atoms with Gasteiger partial charge in [0.05, 0.1) is 0 Å². The summed E-state index contributed by atoms with van der Waals surface area (Å²) in [7, 11) is 0. The van der Waals surface area contributed by atoms with Gasteiger partial charge in [-0.1, -0.05) is 0 Å². The van der Waals surface area contributed by atoms with Crippen LogP contribution >= 0.6 is 0 Å². The number of esters is 2. The van der Waals surface area contributed by atoms with Crippen LogP contribution in [0.5, 0.6) is 0 Å². The van der Waals surface area contributed by atoms with Crippen LogP contribution in [-0.2, 0) is 28.7 Å². The number of amides is 1. The number of rotatable bonds is 6. The van der Waals surface area contributed by atoms with Gasteiger partial charge < -0.3 is 19.9 Å². The average molecular weight is 301 g/mol. The fourth-order valence-electron chi connectivity index (χ4n) is 1.09. The Hall–Kier alpha value is -2.38. The number of carbonyl (C=O) groups excluding carboxylic acids is 3. The first-order valence-electron chi connectivity index (χ1n) is 6.08. The molecule has 0 unspecified atom stereocenters. The lowest BCUT2D eigenvalue weighted by Crippen LogP contribution is -2.36. The average Bonchev–Trinajstić information content (AvgIpc) is 2.30. The highest BCUT2D eigenvalue weighted by atomic mass is 16.6. The number of ether oxygens (including phenoxy) is 2. The lowest BCUT2D eigenvalue weighted by Gasteiger charge is -2.19. The van der Waals surface area contributed by atoms with Crippen LogP contribution in [0.15, 0.2) is 11.6 Å². The molecule has 0 spiro atoms. The van der Waals surface area contributed by atoms with Crippen LogP contribution < -0.4 is 5.32 Å². The maximum atomic E-state index is 11.3. The third-order valence-electron chi connectivity index (χ3n) is 1.85. The fraction of sp³-hybridized carbons (Fsp3) is 0.538. The minimum absolute atomic E-state index is 0.151. The van der Waals surface area contributed by atoms with E-state index in [0.717, 1.165) is 0 Å². The van der Waals surface area contributed by atoms with Crippen LogP contribution in [0, 0.1) is 0 Å². The summed E-state index contributed by atoms with van der Waals surface area (Å²) in [4.78, 5) is 44.3. The molecule has 2 N–H and O–H groups in total. The van der Waals surface area contributed by atoms with E-state index in [2.05, 4.69) is 10.1 Å². The molecule has 0 aliphatic heterocycles. The van der Waals surface area contributed by atoms with Gasteiger partial charge in [-0.3, -0.25) is 9.59 Å². The molecule has 0 rings (SSSR count). The van der Waals surface area contributed by atoms with Gasteiger partial charge in [0.2, 0.25) is 0 Å². The summed E-state index contributed by atoms with van der Waals surface area (Å²) < 4.78 is 9.52. The van der Waals surface area contributed by atoms with Crippen molar-refractivity contribution in [1.29, 1.82) is 0 Å². The van der Waals surface area contributed by atoms with Gasteiger partial charge in [-0.15, -0.1) is 0 Å². The summed E-state index contributed by atoms with van der Waals surface area (Å²) in [5.74, 6) is -3.54. The predicted octanol–water partition coefficient (Wildman–Crippen LogP) is 0.0184. The maximum Gasteiger partial charge on any atom is 0.334 e. The Balaban J connectivity index is 4.10. The second-order valence-corrected chi connectivity index (χ2v) is 5.10. The van der Waals surface area contributed by atoms with Crippen molar-refractivity contribution in [2.24, 2.45) is 0 Å². The molecule has 21 heavy (non-hydrogen) atoms. The molecule has 0 heterocycles. The van der Waals surface area contributed by atoms with Gasteiger partial charge in [0, 0.05) is 11.6 Å². The van der Waals surface area contributed by atoms with Crippen molar-refractivity contribution in [3.05, 3.63) is 11.6 Å². The van der Waals surface area contributed by atoms with Crippen molar-refractivity contribution in [3.8, 4) is 0 Å². The largest absolute Gasteiger partial charge is 0.478 e. The number of aliphatic carboxylic acids is 1. The van der Waals surface area contributed by atoms with Gasteiger partial charge >= 0.3 is 17.9 Å². The van der Waals surface area contributed by atoms with Crippen LogP contribution in [0.4, 0.5) is 0 Å². The molecular weight excluding hydrogens is 282 g/mol. The van der Waals surface area contributed by atoms with Crippen molar-refractivity contribution >= 4 is 23.8 Å². The molecule has 0 fully saturated rings. The first-order valence-corrected chi connectivity index (χ1v) is 6.08. The zero-order chi connectivity index (χ0) is 16.6. The van der Waals surface area contributed by atoms with E-state index < -0.39 is 36.0 Å². The third kappa shape index (κ3) is 10.1. The molecule has 0 bridgehead atoms. The Morgan fingerprint density at radius 1 is 1.19 bits per heavy atom. The van der Waals surface area contributed by atoms with Gasteiger partial charge in [0.15, 0.2) is 6.61 Å². The zero-order valence-electron chi connectivity index (χ0n) is 12.4. The summed E-state index contributed by atoms with van der Waals surface area (Å²) in [5.41, 5.74) is -0.810. The second-order valence-electron chi connectivity index (χ2n) is 5.10. The molecular formula is C13H19NO7. The molecule has 118 valence electrons. The van der Waals surface area contributed by atoms with Gasteiger partial charge in [-0.2, -0.15) is 0 Å². The SMILES string of the molecule is C/C(=C\C(=O)O)C(=O)OCC(=O)NCC(=O)OC(C)(C)C. The number of nitrogens with one attached hydrogen (secondary N) is 1. The third-order valence-corrected chi connectivity index (χ3v) is 1.85. The minimum atomic E-state index is -1.29. The first kappa shape index (κ1) is 18.6. The Morgan fingerprint density at radius 3 is 2.24 bits per heavy atom. The lowest BCUT2D eigenvalue weighted by molar-refractivity contribution is -0.155. The highest BCUT2D eigenvalue weighted by Crippen LogP contribution is 2.06. The number of carboxylic acid groups (broad SMARTS) is 1. The Morgan fingerprint density at radius 2 is 1.76 bits per heavy atom. The Kier molecular flexibility index (Phi) is 7.12. The van der Waals surface area contributed by atoms with Crippen molar-refractivity contribution in [3.63, 3.8) is 0 Å². The predicted molar refractivity (Wildman–Crippen MR) is 71.2 cm³/mol. The molecule has 8 nitrogen and oxygen atoms in total. The molecule has 0 saturated carbocycles. The van der Waals surface area contributed by atoms with Crippen molar-refractivity contribution in [1.82, 2.24) is 5.32 Å². The van der Waals surface area contributed by atoms with Crippen molar-refractivity contribution in [2.45, 2.75) is 33.3 Å². The standard InChI is InChI=1S/C13H19NO7/c1-8(5-10(16)17)12(19)20-7-9(15)14-6-11(18)21-13(2,3)4/h5H,6-7H2,1-4H3,(H,14,15)(H,16,17)/b8-5+. The van der Waals surface area contributed by atoms with E-state index in [4.69, 9.17) is 9.84 Å². The van der Waals surface area contributed by atoms with Crippen molar-refractivity contribution < 1.29 is 33.8 Å². The Labute approximate surface area is 122 Å². The van der Waals surface area contributed by atoms with Crippen LogP contribution in [0.2, 0.25) is 0 Å². The van der Waals surface area contributed by atoms with Crippen LogP contribution in [-0.4, -0.2) is 47.7 Å². The molecule has 0 aliphatic rings. The number of hydrogen-bond donors (Lipinski definition) is 2. The van der Waals surface area contributed by atoms with Crippen molar-refractivity contribution in [2.75, 3.05) is 13.2 Å². The molecule has 0 aromatic heterocycles. The highest BCUT2D eigenvalue weighted by molar-refractivity contribution is 5.96. The highest BCUT2D eigenvalue weighted by Gasteiger charge is 2.17. The number of carboxylic acids is 1. The fourth-order valence-corrected chi connectivity index (χ4v) is 1.09. The first-order chi connectivity index (χ1) is 9.51. The summed E-state index contributed by atoms with van der Waals surface area (Å²) >= 11 is 0. The summed E-state index contributed by atoms with van der Waals surface area (Å²) in [6.07, 6.45) is 0.668. The van der Waals surface area contributed by atoms with Crippen LogP contribution in [0.25, 0.3) is 0 Å². The number of hydrogen-bond acceptors (Lipinski definition) is 6. The molecule has 0 aromatic carbocycles. The molecule has 0 atom stereocenters. The van der Waals surface area contributed by atoms with E-state index in [-0.39, 0.29) is 12.1 Å². The van der Waals surface area contributed by atoms with Gasteiger partial charge in [0.25, 0.3) is 5.91 Å². The van der Waals surface area contributed by atoms with E-state index in [1.807, 2.05) is 0 Å². The van der Waals surface area contributed by atoms with E-state index in [1.165, 1.54) is 6.92 Å².